The molecule has 1 aromatic heterocycles. The van der Waals surface area contributed by atoms with Crippen molar-refractivity contribution in [1.82, 2.24) is 14.8 Å². The van der Waals surface area contributed by atoms with Gasteiger partial charge in [0.15, 0.2) is 0 Å². The number of pyridine rings is 1. The molecule has 2 fully saturated rings. The number of fused-ring (bicyclic) bond motifs is 1. The summed E-state index contributed by atoms with van der Waals surface area (Å²) in [5.41, 5.74) is 3.50. The van der Waals surface area contributed by atoms with E-state index < -0.39 is 0 Å². The van der Waals surface area contributed by atoms with Crippen molar-refractivity contribution in [3.8, 4) is 0 Å². The summed E-state index contributed by atoms with van der Waals surface area (Å²) < 4.78 is 0. The molecule has 2 saturated heterocycles. The molecule has 0 radical (unpaired) electrons. The summed E-state index contributed by atoms with van der Waals surface area (Å²) in [5, 5.41) is 0.719. The van der Waals surface area contributed by atoms with Crippen molar-refractivity contribution in [2.24, 2.45) is 5.84 Å². The maximum absolute atomic E-state index is 6.26. The van der Waals surface area contributed by atoms with Crippen molar-refractivity contribution in [3.05, 3.63) is 22.8 Å². The molecular formula is C14H22ClN5. The largest absolute Gasteiger partial charge is 0.308 e. The predicted octanol–water partition coefficient (Wildman–Crippen LogP) is 1.69. The zero-order valence-corrected chi connectivity index (χ0v) is 12.4. The molecule has 3 rings (SSSR count). The summed E-state index contributed by atoms with van der Waals surface area (Å²) in [6.07, 6.45) is 3.88. The van der Waals surface area contributed by atoms with Crippen LogP contribution in [0.2, 0.25) is 5.02 Å². The molecule has 0 aromatic carbocycles. The van der Waals surface area contributed by atoms with Crippen LogP contribution in [0.5, 0.6) is 0 Å². The van der Waals surface area contributed by atoms with Gasteiger partial charge in [-0.05, 0) is 51.0 Å². The third-order valence-electron chi connectivity index (χ3n) is 4.33. The smallest absolute Gasteiger partial charge is 0.140 e. The van der Waals surface area contributed by atoms with E-state index in [1.165, 1.54) is 32.4 Å². The summed E-state index contributed by atoms with van der Waals surface area (Å²) in [4.78, 5) is 9.59. The first-order chi connectivity index (χ1) is 9.76. The number of anilines is 1. The Morgan fingerprint density at radius 2 is 2.15 bits per heavy atom. The van der Waals surface area contributed by atoms with Gasteiger partial charge >= 0.3 is 0 Å². The Morgan fingerprint density at radius 1 is 1.30 bits per heavy atom. The first-order valence-corrected chi connectivity index (χ1v) is 7.72. The van der Waals surface area contributed by atoms with Crippen LogP contribution >= 0.6 is 11.6 Å². The first-order valence-electron chi connectivity index (χ1n) is 7.34. The second-order valence-corrected chi connectivity index (χ2v) is 6.10. The van der Waals surface area contributed by atoms with E-state index in [2.05, 4.69) is 20.2 Å². The summed E-state index contributed by atoms with van der Waals surface area (Å²) in [6.45, 7) is 5.54. The van der Waals surface area contributed by atoms with E-state index in [0.29, 0.717) is 11.9 Å². The number of aromatic nitrogens is 1. The number of nitrogens with zero attached hydrogens (tertiary/aromatic N) is 3. The maximum atomic E-state index is 6.26. The summed E-state index contributed by atoms with van der Waals surface area (Å²) in [6, 6.07) is 4.37. The van der Waals surface area contributed by atoms with Crippen LogP contribution < -0.4 is 11.3 Å². The van der Waals surface area contributed by atoms with Crippen molar-refractivity contribution in [3.63, 3.8) is 0 Å². The lowest BCUT2D eigenvalue weighted by Gasteiger charge is -2.25. The topological polar surface area (TPSA) is 57.4 Å². The lowest BCUT2D eigenvalue weighted by Crippen LogP contribution is -2.36. The third-order valence-corrected chi connectivity index (χ3v) is 4.67. The zero-order valence-electron chi connectivity index (χ0n) is 11.7. The molecular weight excluding hydrogens is 274 g/mol. The fourth-order valence-corrected chi connectivity index (χ4v) is 3.48. The second-order valence-electron chi connectivity index (χ2n) is 5.69. The van der Waals surface area contributed by atoms with Crippen molar-refractivity contribution in [2.75, 3.05) is 31.6 Å². The molecule has 2 aliphatic heterocycles. The Bertz CT molecular complexity index is 467. The number of hydrazine groups is 1. The van der Waals surface area contributed by atoms with Crippen LogP contribution in [0.25, 0.3) is 0 Å². The molecule has 1 aromatic rings. The molecule has 5 nitrogen and oxygen atoms in total. The van der Waals surface area contributed by atoms with Crippen molar-refractivity contribution in [1.29, 1.82) is 0 Å². The van der Waals surface area contributed by atoms with Crippen molar-refractivity contribution in [2.45, 2.75) is 31.8 Å². The second kappa shape index (κ2) is 6.26. The minimum Gasteiger partial charge on any atom is -0.308 e. The Hall–Kier alpha value is -0.880. The van der Waals surface area contributed by atoms with E-state index in [-0.39, 0.29) is 0 Å². The maximum Gasteiger partial charge on any atom is 0.140 e. The van der Waals surface area contributed by atoms with Crippen LogP contribution in [-0.2, 0) is 6.54 Å². The molecule has 20 heavy (non-hydrogen) atoms. The highest BCUT2D eigenvalue weighted by Gasteiger charge is 2.28. The Kier molecular flexibility index (Phi) is 4.41. The summed E-state index contributed by atoms with van der Waals surface area (Å²) >= 11 is 6.26. The normalized spacial score (nSPS) is 24.4. The van der Waals surface area contributed by atoms with Crippen LogP contribution in [0.15, 0.2) is 12.1 Å². The first kappa shape index (κ1) is 14.1. The number of rotatable bonds is 3. The van der Waals surface area contributed by atoms with Gasteiger partial charge in [-0.15, -0.1) is 0 Å². The Morgan fingerprint density at radius 3 is 3.00 bits per heavy atom. The molecule has 3 heterocycles. The number of hydrogen-bond acceptors (Lipinski definition) is 5. The fourth-order valence-electron chi connectivity index (χ4n) is 3.31. The highest BCUT2D eigenvalue weighted by Crippen LogP contribution is 2.24. The fraction of sp³-hybridized carbons (Fsp3) is 0.643. The molecule has 1 atom stereocenters. The van der Waals surface area contributed by atoms with Gasteiger partial charge in [0.1, 0.15) is 5.82 Å². The SMILES string of the molecule is NNc1ccc(Cl)c(CN2CCCN3CCCC3C2)n1. The highest BCUT2D eigenvalue weighted by atomic mass is 35.5. The Balaban J connectivity index is 1.70. The average molecular weight is 296 g/mol. The number of nitrogens with two attached hydrogens (primary N) is 1. The highest BCUT2D eigenvalue weighted by molar-refractivity contribution is 6.31. The summed E-state index contributed by atoms with van der Waals surface area (Å²) in [5.74, 6) is 6.09. The van der Waals surface area contributed by atoms with Crippen LogP contribution in [0.4, 0.5) is 5.82 Å². The summed E-state index contributed by atoms with van der Waals surface area (Å²) in [7, 11) is 0. The van der Waals surface area contributed by atoms with Gasteiger partial charge in [-0.25, -0.2) is 10.8 Å². The molecule has 0 saturated carbocycles. The molecule has 6 heteroatoms. The van der Waals surface area contributed by atoms with Crippen LogP contribution in [-0.4, -0.2) is 47.0 Å². The van der Waals surface area contributed by atoms with Gasteiger partial charge in [-0.2, -0.15) is 0 Å². The molecule has 0 spiro atoms. The molecule has 0 bridgehead atoms. The van der Waals surface area contributed by atoms with Crippen LogP contribution in [0, 0.1) is 0 Å². The van der Waals surface area contributed by atoms with E-state index in [0.717, 1.165) is 30.4 Å². The minimum atomic E-state index is 0.668. The quantitative estimate of drug-likeness (QED) is 0.656. The number of nitrogens with one attached hydrogen (secondary N) is 1. The molecule has 1 unspecified atom stereocenters. The van der Waals surface area contributed by atoms with Gasteiger partial charge in [-0.3, -0.25) is 9.80 Å². The zero-order chi connectivity index (χ0) is 13.9. The van der Waals surface area contributed by atoms with E-state index in [4.69, 9.17) is 17.4 Å². The van der Waals surface area contributed by atoms with E-state index in [1.54, 1.807) is 6.07 Å². The molecule has 0 aliphatic carbocycles. The number of nitrogen functional groups attached to an aromatic ring is 1. The van der Waals surface area contributed by atoms with E-state index in [9.17, 15) is 0 Å². The molecule has 110 valence electrons. The molecule has 3 N–H and O–H groups in total. The van der Waals surface area contributed by atoms with E-state index >= 15 is 0 Å². The predicted molar refractivity (Wildman–Crippen MR) is 81.5 cm³/mol. The van der Waals surface area contributed by atoms with Crippen LogP contribution in [0.3, 0.4) is 0 Å². The lowest BCUT2D eigenvalue weighted by molar-refractivity contribution is 0.214. The van der Waals surface area contributed by atoms with E-state index in [1.807, 2.05) is 6.07 Å². The third kappa shape index (κ3) is 3.06. The van der Waals surface area contributed by atoms with Crippen molar-refractivity contribution >= 4 is 17.4 Å². The average Bonchev–Trinajstić information content (AvgIpc) is 2.80. The van der Waals surface area contributed by atoms with Gasteiger partial charge < -0.3 is 5.43 Å². The lowest BCUT2D eigenvalue weighted by atomic mass is 10.2. The number of hydrogen-bond donors (Lipinski definition) is 2. The monoisotopic (exact) mass is 295 g/mol. The van der Waals surface area contributed by atoms with Crippen LogP contribution in [0.1, 0.15) is 25.0 Å². The standard InChI is InChI=1S/C14H22ClN5/c15-12-4-5-14(18-16)17-13(12)10-19-6-2-8-20-7-1-3-11(20)9-19/h4-5,11H,1-3,6-10,16H2,(H,17,18). The Labute approximate surface area is 125 Å². The van der Waals surface area contributed by atoms with Gasteiger partial charge in [0, 0.05) is 19.1 Å². The van der Waals surface area contributed by atoms with Gasteiger partial charge in [0.05, 0.1) is 10.7 Å². The number of halogens is 1. The molecule has 2 aliphatic rings. The van der Waals surface area contributed by atoms with Gasteiger partial charge in [0.25, 0.3) is 0 Å². The van der Waals surface area contributed by atoms with Gasteiger partial charge in [0.2, 0.25) is 0 Å². The minimum absolute atomic E-state index is 0.668. The van der Waals surface area contributed by atoms with Gasteiger partial charge in [-0.1, -0.05) is 11.6 Å². The molecule has 0 amide bonds. The van der Waals surface area contributed by atoms with Crippen molar-refractivity contribution < 1.29 is 0 Å².